The number of rotatable bonds is 3. The molecule has 0 atom stereocenters. The van der Waals surface area contributed by atoms with Crippen molar-refractivity contribution in [1.82, 2.24) is 0 Å². The molecule has 2 rings (SSSR count). The first-order chi connectivity index (χ1) is 8.86. The average Bonchev–Trinajstić information content (AvgIpc) is 2.33. The van der Waals surface area contributed by atoms with Gasteiger partial charge in [-0.2, -0.15) is 0 Å². The lowest BCUT2D eigenvalue weighted by molar-refractivity contribution is 0.482. The first-order valence-corrected chi connectivity index (χ1v) is 7.35. The smallest absolute Gasteiger partial charge is 0.238 e. The zero-order chi connectivity index (χ0) is 14.0. The van der Waals surface area contributed by atoms with E-state index in [4.69, 9.17) is 21.5 Å². The highest BCUT2D eigenvalue weighted by Gasteiger charge is 2.07. The summed E-state index contributed by atoms with van der Waals surface area (Å²) >= 11 is 5.92. The SMILES string of the molecule is Cc1cc(Oc2ccc(S(N)(=O)=O)cc2)ccc1Cl. The Morgan fingerprint density at radius 3 is 2.16 bits per heavy atom. The summed E-state index contributed by atoms with van der Waals surface area (Å²) in [5.74, 6) is 1.15. The molecule has 2 aromatic rings. The van der Waals surface area contributed by atoms with Crippen LogP contribution in [0.15, 0.2) is 47.4 Å². The molecule has 0 fully saturated rings. The second-order valence-electron chi connectivity index (χ2n) is 4.03. The zero-order valence-corrected chi connectivity index (χ0v) is 11.7. The summed E-state index contributed by atoms with van der Waals surface area (Å²) < 4.78 is 27.8. The van der Waals surface area contributed by atoms with Gasteiger partial charge in [-0.3, -0.25) is 0 Å². The van der Waals surface area contributed by atoms with Gasteiger partial charge in [0, 0.05) is 5.02 Å². The highest BCUT2D eigenvalue weighted by Crippen LogP contribution is 2.26. The predicted molar refractivity (Wildman–Crippen MR) is 74.1 cm³/mol. The van der Waals surface area contributed by atoms with Crippen molar-refractivity contribution in [2.75, 3.05) is 0 Å². The summed E-state index contributed by atoms with van der Waals surface area (Å²) in [6, 6.07) is 11.2. The van der Waals surface area contributed by atoms with Crippen molar-refractivity contribution in [2.24, 2.45) is 5.14 Å². The van der Waals surface area contributed by atoms with Gasteiger partial charge in [-0.15, -0.1) is 0 Å². The van der Waals surface area contributed by atoms with E-state index in [0.717, 1.165) is 5.56 Å². The molecule has 2 N–H and O–H groups in total. The molecule has 0 aliphatic heterocycles. The van der Waals surface area contributed by atoms with Crippen LogP contribution < -0.4 is 9.88 Å². The fourth-order valence-electron chi connectivity index (χ4n) is 1.51. The van der Waals surface area contributed by atoms with Gasteiger partial charge in [0.05, 0.1) is 4.90 Å². The lowest BCUT2D eigenvalue weighted by Gasteiger charge is -2.07. The number of primary sulfonamides is 1. The minimum Gasteiger partial charge on any atom is -0.457 e. The van der Waals surface area contributed by atoms with Gasteiger partial charge in [0.25, 0.3) is 0 Å². The number of hydrogen-bond donors (Lipinski definition) is 1. The standard InChI is InChI=1S/C13H12ClNO3S/c1-9-8-11(4-7-13(9)14)18-10-2-5-12(6-3-10)19(15,16)17/h2-8H,1H3,(H2,15,16,17). The highest BCUT2D eigenvalue weighted by molar-refractivity contribution is 7.89. The largest absolute Gasteiger partial charge is 0.457 e. The topological polar surface area (TPSA) is 69.4 Å². The lowest BCUT2D eigenvalue weighted by Crippen LogP contribution is -2.11. The number of nitrogens with two attached hydrogens (primary N) is 1. The van der Waals surface area contributed by atoms with Crippen LogP contribution in [0.2, 0.25) is 5.02 Å². The maximum Gasteiger partial charge on any atom is 0.238 e. The molecule has 0 heterocycles. The molecule has 4 nitrogen and oxygen atoms in total. The van der Waals surface area contributed by atoms with Gasteiger partial charge in [0.15, 0.2) is 0 Å². The Hall–Kier alpha value is -1.56. The van der Waals surface area contributed by atoms with E-state index in [1.807, 2.05) is 6.92 Å². The molecular weight excluding hydrogens is 286 g/mol. The maximum absolute atomic E-state index is 11.1. The second-order valence-corrected chi connectivity index (χ2v) is 6.00. The van der Waals surface area contributed by atoms with Gasteiger partial charge in [0.2, 0.25) is 10.0 Å². The molecule has 0 bridgehead atoms. The van der Waals surface area contributed by atoms with Gasteiger partial charge in [-0.1, -0.05) is 11.6 Å². The third-order valence-corrected chi connectivity index (χ3v) is 3.87. The third kappa shape index (κ3) is 3.47. The summed E-state index contributed by atoms with van der Waals surface area (Å²) in [5, 5.41) is 5.68. The monoisotopic (exact) mass is 297 g/mol. The fourth-order valence-corrected chi connectivity index (χ4v) is 2.15. The average molecular weight is 298 g/mol. The summed E-state index contributed by atoms with van der Waals surface area (Å²) in [4.78, 5) is 0.0483. The normalized spacial score (nSPS) is 11.3. The lowest BCUT2D eigenvalue weighted by atomic mass is 10.2. The summed E-state index contributed by atoms with van der Waals surface area (Å²) in [6.45, 7) is 1.87. The quantitative estimate of drug-likeness (QED) is 0.946. The summed E-state index contributed by atoms with van der Waals surface area (Å²) in [5.41, 5.74) is 0.903. The Morgan fingerprint density at radius 1 is 1.05 bits per heavy atom. The molecule has 100 valence electrons. The van der Waals surface area contributed by atoms with Crippen molar-refractivity contribution in [1.29, 1.82) is 0 Å². The molecule has 19 heavy (non-hydrogen) atoms. The van der Waals surface area contributed by atoms with Crippen LogP contribution in [-0.2, 0) is 10.0 Å². The van der Waals surface area contributed by atoms with Crippen molar-refractivity contribution < 1.29 is 13.2 Å². The van der Waals surface area contributed by atoms with E-state index in [1.165, 1.54) is 12.1 Å². The van der Waals surface area contributed by atoms with Crippen LogP contribution in [0, 0.1) is 6.92 Å². The fraction of sp³-hybridized carbons (Fsp3) is 0.0769. The number of aryl methyl sites for hydroxylation is 1. The van der Waals surface area contributed by atoms with Gasteiger partial charge in [-0.05, 0) is 55.0 Å². The van der Waals surface area contributed by atoms with Crippen molar-refractivity contribution in [3.05, 3.63) is 53.1 Å². The number of ether oxygens (including phenoxy) is 1. The molecule has 6 heteroatoms. The predicted octanol–water partition coefficient (Wildman–Crippen LogP) is 3.09. The summed E-state index contributed by atoms with van der Waals surface area (Å²) in [6.07, 6.45) is 0. The van der Waals surface area contributed by atoms with Crippen LogP contribution in [0.5, 0.6) is 11.5 Å². The van der Waals surface area contributed by atoms with E-state index in [-0.39, 0.29) is 4.90 Å². The first kappa shape index (κ1) is 13.9. The van der Waals surface area contributed by atoms with Crippen LogP contribution >= 0.6 is 11.6 Å². The molecule has 0 saturated carbocycles. The van der Waals surface area contributed by atoms with E-state index < -0.39 is 10.0 Å². The van der Waals surface area contributed by atoms with Crippen LogP contribution in [0.25, 0.3) is 0 Å². The molecule has 2 aromatic carbocycles. The molecule has 0 aliphatic carbocycles. The van der Waals surface area contributed by atoms with Gasteiger partial charge in [-0.25, -0.2) is 13.6 Å². The zero-order valence-electron chi connectivity index (χ0n) is 10.1. The van der Waals surface area contributed by atoms with Crippen molar-refractivity contribution in [3.8, 4) is 11.5 Å². The Balaban J connectivity index is 2.22. The molecule has 0 aliphatic rings. The van der Waals surface area contributed by atoms with E-state index >= 15 is 0 Å². The molecule has 0 amide bonds. The summed E-state index contributed by atoms with van der Waals surface area (Å²) in [7, 11) is -3.68. The Morgan fingerprint density at radius 2 is 1.63 bits per heavy atom. The number of sulfonamides is 1. The molecule has 0 spiro atoms. The Labute approximate surface area is 116 Å². The Bertz CT molecular complexity index is 696. The molecule has 0 radical (unpaired) electrons. The number of halogens is 1. The van der Waals surface area contributed by atoms with E-state index in [1.54, 1.807) is 30.3 Å². The van der Waals surface area contributed by atoms with E-state index in [0.29, 0.717) is 16.5 Å². The van der Waals surface area contributed by atoms with E-state index in [2.05, 4.69) is 0 Å². The van der Waals surface area contributed by atoms with Crippen LogP contribution in [0.1, 0.15) is 5.56 Å². The van der Waals surface area contributed by atoms with Crippen molar-refractivity contribution in [3.63, 3.8) is 0 Å². The molecule has 0 saturated heterocycles. The minimum atomic E-state index is -3.68. The molecule has 0 unspecified atom stereocenters. The van der Waals surface area contributed by atoms with Gasteiger partial charge in [0.1, 0.15) is 11.5 Å². The van der Waals surface area contributed by atoms with E-state index in [9.17, 15) is 8.42 Å². The number of hydrogen-bond acceptors (Lipinski definition) is 3. The van der Waals surface area contributed by atoms with Crippen molar-refractivity contribution >= 4 is 21.6 Å². The first-order valence-electron chi connectivity index (χ1n) is 5.43. The maximum atomic E-state index is 11.1. The van der Waals surface area contributed by atoms with Crippen LogP contribution in [-0.4, -0.2) is 8.42 Å². The van der Waals surface area contributed by atoms with Gasteiger partial charge >= 0.3 is 0 Å². The highest BCUT2D eigenvalue weighted by atomic mass is 35.5. The Kier molecular flexibility index (Phi) is 3.80. The van der Waals surface area contributed by atoms with Gasteiger partial charge < -0.3 is 4.74 Å². The number of benzene rings is 2. The van der Waals surface area contributed by atoms with Crippen LogP contribution in [0.4, 0.5) is 0 Å². The third-order valence-electron chi connectivity index (χ3n) is 2.52. The second kappa shape index (κ2) is 5.21. The molecule has 0 aromatic heterocycles. The minimum absolute atomic E-state index is 0.0483. The molecular formula is C13H12ClNO3S. The van der Waals surface area contributed by atoms with Crippen molar-refractivity contribution in [2.45, 2.75) is 11.8 Å². The van der Waals surface area contributed by atoms with Crippen LogP contribution in [0.3, 0.4) is 0 Å².